The van der Waals surface area contributed by atoms with Crippen molar-refractivity contribution in [2.45, 2.75) is 88.4 Å². The number of nitrogens with two attached hydrogens (primary N) is 2. The van der Waals surface area contributed by atoms with Crippen LogP contribution in [0.5, 0.6) is 0 Å². The SMILES string of the molecule is NC1CCC(CC(NC(=O)C(CC2CCC(N)CC2)NC=O)C(=O)O)CC1. The summed E-state index contributed by atoms with van der Waals surface area (Å²) in [4.78, 5) is 35.2. The lowest BCUT2D eigenvalue weighted by atomic mass is 9.82. The lowest BCUT2D eigenvalue weighted by Gasteiger charge is -2.30. The summed E-state index contributed by atoms with van der Waals surface area (Å²) >= 11 is 0. The summed E-state index contributed by atoms with van der Waals surface area (Å²) in [5.74, 6) is -0.886. The van der Waals surface area contributed by atoms with Gasteiger partial charge >= 0.3 is 5.97 Å². The summed E-state index contributed by atoms with van der Waals surface area (Å²) in [5, 5.41) is 14.7. The van der Waals surface area contributed by atoms with Crippen molar-refractivity contribution in [2.24, 2.45) is 23.3 Å². The van der Waals surface area contributed by atoms with Gasteiger partial charge in [0.2, 0.25) is 12.3 Å². The molecule has 0 heterocycles. The van der Waals surface area contributed by atoms with Crippen LogP contribution < -0.4 is 22.1 Å². The zero-order valence-electron chi connectivity index (χ0n) is 15.9. The average molecular weight is 383 g/mol. The van der Waals surface area contributed by atoms with E-state index in [1.807, 2.05) is 0 Å². The van der Waals surface area contributed by atoms with Crippen molar-refractivity contribution in [2.75, 3.05) is 0 Å². The second kappa shape index (κ2) is 10.6. The molecule has 0 aromatic heterocycles. The first-order valence-corrected chi connectivity index (χ1v) is 10.1. The summed E-state index contributed by atoms with van der Waals surface area (Å²) in [5.41, 5.74) is 11.8. The van der Waals surface area contributed by atoms with Crippen molar-refractivity contribution in [3.63, 3.8) is 0 Å². The van der Waals surface area contributed by atoms with E-state index in [-0.39, 0.29) is 18.0 Å². The Hall–Kier alpha value is -1.67. The van der Waals surface area contributed by atoms with Crippen LogP contribution in [0.4, 0.5) is 0 Å². The summed E-state index contributed by atoms with van der Waals surface area (Å²) < 4.78 is 0. The van der Waals surface area contributed by atoms with Crippen LogP contribution in [0, 0.1) is 11.8 Å². The van der Waals surface area contributed by atoms with Gasteiger partial charge in [-0.25, -0.2) is 4.79 Å². The zero-order chi connectivity index (χ0) is 19.8. The minimum Gasteiger partial charge on any atom is -0.480 e. The Morgan fingerprint density at radius 1 is 0.889 bits per heavy atom. The lowest BCUT2D eigenvalue weighted by molar-refractivity contribution is -0.142. The summed E-state index contributed by atoms with van der Waals surface area (Å²) in [6.45, 7) is 0. The van der Waals surface area contributed by atoms with Gasteiger partial charge in [-0.15, -0.1) is 0 Å². The quantitative estimate of drug-likeness (QED) is 0.367. The summed E-state index contributed by atoms with van der Waals surface area (Å²) in [6.07, 6.45) is 8.68. The predicted octanol–water partition coefficient (Wildman–Crippen LogP) is 0.486. The molecule has 0 radical (unpaired) electrons. The molecule has 0 saturated heterocycles. The lowest BCUT2D eigenvalue weighted by Crippen LogP contribution is -2.51. The number of carbonyl (C=O) groups excluding carboxylic acids is 2. The fraction of sp³-hybridized carbons (Fsp3) is 0.842. The number of aliphatic carboxylic acids is 1. The van der Waals surface area contributed by atoms with Gasteiger partial charge in [0.15, 0.2) is 0 Å². The number of amides is 2. The van der Waals surface area contributed by atoms with Crippen LogP contribution in [0.1, 0.15) is 64.2 Å². The van der Waals surface area contributed by atoms with E-state index < -0.39 is 24.0 Å². The number of carboxylic acid groups (broad SMARTS) is 1. The van der Waals surface area contributed by atoms with E-state index in [0.29, 0.717) is 25.2 Å². The standard InChI is InChI=1S/C19H34N4O4/c20-14-5-1-12(2-6-14)9-16(22-11-24)18(25)23-17(19(26)27)10-13-3-7-15(21)8-4-13/h11-17H,1-10,20-21H2,(H,22,24)(H,23,25)(H,26,27). The van der Waals surface area contributed by atoms with E-state index in [1.165, 1.54) is 0 Å². The Labute approximate surface area is 160 Å². The normalized spacial score (nSPS) is 30.7. The molecule has 2 unspecified atom stereocenters. The molecule has 7 N–H and O–H groups in total. The monoisotopic (exact) mass is 382 g/mol. The maximum Gasteiger partial charge on any atom is 0.326 e. The Morgan fingerprint density at radius 2 is 1.33 bits per heavy atom. The van der Waals surface area contributed by atoms with Gasteiger partial charge in [0.05, 0.1) is 0 Å². The highest BCUT2D eigenvalue weighted by Gasteiger charge is 2.31. The molecule has 0 aromatic carbocycles. The third kappa shape index (κ3) is 7.10. The maximum atomic E-state index is 12.6. The van der Waals surface area contributed by atoms with E-state index in [2.05, 4.69) is 10.6 Å². The third-order valence-corrected chi connectivity index (χ3v) is 6.12. The first-order chi connectivity index (χ1) is 12.9. The Morgan fingerprint density at radius 3 is 1.74 bits per heavy atom. The number of rotatable bonds is 9. The summed E-state index contributed by atoms with van der Waals surface area (Å²) in [6, 6.07) is -1.23. The molecule has 2 aliphatic carbocycles. The van der Waals surface area contributed by atoms with Gasteiger partial charge in [-0.2, -0.15) is 0 Å². The largest absolute Gasteiger partial charge is 0.480 e. The molecule has 0 bridgehead atoms. The van der Waals surface area contributed by atoms with Crippen LogP contribution in [0.15, 0.2) is 0 Å². The van der Waals surface area contributed by atoms with Crippen LogP contribution in [0.25, 0.3) is 0 Å². The van der Waals surface area contributed by atoms with Crippen molar-refractivity contribution >= 4 is 18.3 Å². The number of carbonyl (C=O) groups is 3. The van der Waals surface area contributed by atoms with E-state index in [1.54, 1.807) is 0 Å². The highest BCUT2D eigenvalue weighted by Crippen LogP contribution is 2.28. The van der Waals surface area contributed by atoms with Gasteiger partial charge < -0.3 is 27.2 Å². The Balaban J connectivity index is 1.89. The average Bonchev–Trinajstić information content (AvgIpc) is 2.64. The maximum absolute atomic E-state index is 12.6. The van der Waals surface area contributed by atoms with Crippen LogP contribution in [0.3, 0.4) is 0 Å². The number of nitrogens with one attached hydrogen (secondary N) is 2. The van der Waals surface area contributed by atoms with Crippen LogP contribution in [-0.2, 0) is 14.4 Å². The first kappa shape index (κ1) is 21.6. The molecule has 0 aliphatic heterocycles. The minimum absolute atomic E-state index is 0.198. The second-order valence-corrected chi connectivity index (χ2v) is 8.27. The third-order valence-electron chi connectivity index (χ3n) is 6.12. The van der Waals surface area contributed by atoms with Gasteiger partial charge in [0.1, 0.15) is 12.1 Å². The second-order valence-electron chi connectivity index (χ2n) is 8.27. The van der Waals surface area contributed by atoms with Gasteiger partial charge in [0, 0.05) is 12.1 Å². The van der Waals surface area contributed by atoms with E-state index in [9.17, 15) is 19.5 Å². The molecule has 2 rings (SSSR count). The predicted molar refractivity (Wildman–Crippen MR) is 102 cm³/mol. The number of hydrogen-bond acceptors (Lipinski definition) is 5. The molecular weight excluding hydrogens is 348 g/mol. The van der Waals surface area contributed by atoms with E-state index in [0.717, 1.165) is 51.4 Å². The van der Waals surface area contributed by atoms with Crippen molar-refractivity contribution < 1.29 is 19.5 Å². The van der Waals surface area contributed by atoms with E-state index >= 15 is 0 Å². The molecule has 2 aliphatic rings. The zero-order valence-corrected chi connectivity index (χ0v) is 15.9. The highest BCUT2D eigenvalue weighted by molar-refractivity contribution is 5.88. The molecule has 0 spiro atoms. The van der Waals surface area contributed by atoms with Crippen molar-refractivity contribution in [1.82, 2.24) is 10.6 Å². The van der Waals surface area contributed by atoms with Crippen LogP contribution in [0.2, 0.25) is 0 Å². The molecule has 0 aromatic rings. The fourth-order valence-corrected chi connectivity index (χ4v) is 4.34. The van der Waals surface area contributed by atoms with E-state index in [4.69, 9.17) is 11.5 Å². The molecule has 2 fully saturated rings. The van der Waals surface area contributed by atoms with Crippen molar-refractivity contribution in [3.05, 3.63) is 0 Å². The molecule has 154 valence electrons. The fourth-order valence-electron chi connectivity index (χ4n) is 4.34. The van der Waals surface area contributed by atoms with Crippen molar-refractivity contribution in [3.8, 4) is 0 Å². The number of hydrogen-bond donors (Lipinski definition) is 5. The molecular formula is C19H34N4O4. The van der Waals surface area contributed by atoms with Crippen LogP contribution in [-0.4, -0.2) is 47.6 Å². The van der Waals surface area contributed by atoms with Gasteiger partial charge in [-0.1, -0.05) is 0 Å². The minimum atomic E-state index is -1.04. The van der Waals surface area contributed by atoms with Crippen LogP contribution >= 0.6 is 0 Å². The number of carboxylic acids is 1. The molecule has 2 amide bonds. The smallest absolute Gasteiger partial charge is 0.326 e. The Kier molecular flexibility index (Phi) is 8.50. The Bertz CT molecular complexity index is 500. The molecule has 2 atom stereocenters. The topological polar surface area (TPSA) is 148 Å². The molecule has 27 heavy (non-hydrogen) atoms. The highest BCUT2D eigenvalue weighted by atomic mass is 16.4. The molecule has 8 nitrogen and oxygen atoms in total. The van der Waals surface area contributed by atoms with Gasteiger partial charge in [-0.05, 0) is 76.0 Å². The van der Waals surface area contributed by atoms with Crippen molar-refractivity contribution in [1.29, 1.82) is 0 Å². The van der Waals surface area contributed by atoms with Gasteiger partial charge in [-0.3, -0.25) is 9.59 Å². The molecule has 2 saturated carbocycles. The first-order valence-electron chi connectivity index (χ1n) is 10.1. The van der Waals surface area contributed by atoms with Gasteiger partial charge in [0.25, 0.3) is 0 Å². The summed E-state index contributed by atoms with van der Waals surface area (Å²) in [7, 11) is 0. The molecule has 8 heteroatoms.